The van der Waals surface area contributed by atoms with Crippen molar-refractivity contribution < 1.29 is 4.79 Å². The van der Waals surface area contributed by atoms with Gasteiger partial charge in [-0.15, -0.1) is 0 Å². The third kappa shape index (κ3) is 4.91. The second-order valence-corrected chi connectivity index (χ2v) is 6.54. The zero-order valence-corrected chi connectivity index (χ0v) is 13.6. The van der Waals surface area contributed by atoms with Crippen LogP contribution in [0.15, 0.2) is 28.7 Å². The Hall–Kier alpha value is -0.870. The Kier molecular flexibility index (Phi) is 6.05. The Morgan fingerprint density at radius 2 is 1.90 bits per heavy atom. The van der Waals surface area contributed by atoms with Gasteiger partial charge >= 0.3 is 0 Å². The third-order valence-corrected chi connectivity index (χ3v) is 4.60. The van der Waals surface area contributed by atoms with Gasteiger partial charge in [0.2, 0.25) is 5.91 Å². The molecule has 1 aromatic carbocycles. The molecule has 110 valence electrons. The fourth-order valence-corrected chi connectivity index (χ4v) is 3.06. The molecule has 3 nitrogen and oxygen atoms in total. The van der Waals surface area contributed by atoms with E-state index >= 15 is 0 Å². The van der Waals surface area contributed by atoms with Crippen molar-refractivity contribution in [1.82, 2.24) is 5.32 Å². The van der Waals surface area contributed by atoms with Gasteiger partial charge < -0.3 is 10.6 Å². The molecule has 1 saturated carbocycles. The summed E-state index contributed by atoms with van der Waals surface area (Å²) in [6.07, 6.45) is 6.63. The summed E-state index contributed by atoms with van der Waals surface area (Å²) in [7, 11) is 0. The van der Waals surface area contributed by atoms with Gasteiger partial charge in [-0.2, -0.15) is 0 Å². The fourth-order valence-electron chi connectivity index (χ4n) is 2.79. The minimum atomic E-state index is 0.0231. The van der Waals surface area contributed by atoms with Gasteiger partial charge in [0.15, 0.2) is 0 Å². The molecule has 1 unspecified atom stereocenters. The lowest BCUT2D eigenvalue weighted by Gasteiger charge is -2.28. The van der Waals surface area contributed by atoms with Crippen LogP contribution in [0, 0.1) is 5.92 Å². The van der Waals surface area contributed by atoms with Crippen molar-refractivity contribution in [2.75, 3.05) is 11.9 Å². The molecular weight excluding hydrogens is 316 g/mol. The average Bonchev–Trinajstić information content (AvgIpc) is 2.48. The molecule has 1 fully saturated rings. The highest BCUT2D eigenvalue weighted by molar-refractivity contribution is 9.10. The Balaban J connectivity index is 1.72. The van der Waals surface area contributed by atoms with Gasteiger partial charge in [-0.1, -0.05) is 35.2 Å². The van der Waals surface area contributed by atoms with Crippen molar-refractivity contribution in [3.63, 3.8) is 0 Å². The maximum Gasteiger partial charge on any atom is 0.238 e. The molecule has 2 N–H and O–H groups in total. The molecule has 1 aliphatic carbocycles. The summed E-state index contributed by atoms with van der Waals surface area (Å²) in [5, 5.41) is 6.27. The van der Waals surface area contributed by atoms with Gasteiger partial charge in [-0.05, 0) is 49.9 Å². The molecule has 20 heavy (non-hydrogen) atoms. The topological polar surface area (TPSA) is 41.1 Å². The SMILES string of the molecule is CC(NCC(=O)Nc1ccc(Br)cc1)C1CCCCC1. The smallest absolute Gasteiger partial charge is 0.238 e. The Morgan fingerprint density at radius 1 is 1.25 bits per heavy atom. The van der Waals surface area contributed by atoms with E-state index in [1.807, 2.05) is 24.3 Å². The predicted octanol–water partition coefficient (Wildman–Crippen LogP) is 3.95. The number of carbonyl (C=O) groups excluding carboxylic acids is 1. The van der Waals surface area contributed by atoms with Crippen LogP contribution in [0.25, 0.3) is 0 Å². The summed E-state index contributed by atoms with van der Waals surface area (Å²) in [4.78, 5) is 11.9. The standard InChI is InChI=1S/C16H23BrN2O/c1-12(13-5-3-2-4-6-13)18-11-16(20)19-15-9-7-14(17)8-10-15/h7-10,12-13,18H,2-6,11H2,1H3,(H,19,20). The van der Waals surface area contributed by atoms with Gasteiger partial charge in [0.1, 0.15) is 0 Å². The van der Waals surface area contributed by atoms with E-state index in [1.54, 1.807) is 0 Å². The minimum Gasteiger partial charge on any atom is -0.325 e. The van der Waals surface area contributed by atoms with Gasteiger partial charge in [0.25, 0.3) is 0 Å². The highest BCUT2D eigenvalue weighted by Gasteiger charge is 2.20. The number of nitrogens with one attached hydrogen (secondary N) is 2. The molecule has 1 atom stereocenters. The zero-order chi connectivity index (χ0) is 14.4. The van der Waals surface area contributed by atoms with Gasteiger partial charge in [0, 0.05) is 16.2 Å². The van der Waals surface area contributed by atoms with Crippen LogP contribution in [-0.2, 0) is 4.79 Å². The summed E-state index contributed by atoms with van der Waals surface area (Å²) >= 11 is 3.38. The monoisotopic (exact) mass is 338 g/mol. The number of rotatable bonds is 5. The van der Waals surface area contributed by atoms with E-state index in [0.717, 1.165) is 16.1 Å². The first-order valence-electron chi connectivity index (χ1n) is 7.44. The normalized spacial score (nSPS) is 17.7. The molecular formula is C16H23BrN2O. The number of amides is 1. The van der Waals surface area contributed by atoms with Gasteiger partial charge in [-0.3, -0.25) is 4.79 Å². The maximum absolute atomic E-state index is 11.9. The van der Waals surface area contributed by atoms with Crippen LogP contribution in [-0.4, -0.2) is 18.5 Å². The highest BCUT2D eigenvalue weighted by Crippen LogP contribution is 2.26. The first kappa shape index (κ1) is 15.5. The van der Waals surface area contributed by atoms with Crippen molar-refractivity contribution in [3.05, 3.63) is 28.7 Å². The molecule has 1 aromatic rings. The molecule has 1 aliphatic rings. The Bertz CT molecular complexity index is 427. The number of benzene rings is 1. The van der Waals surface area contributed by atoms with E-state index in [9.17, 15) is 4.79 Å². The third-order valence-electron chi connectivity index (χ3n) is 4.07. The first-order chi connectivity index (χ1) is 9.65. The molecule has 0 aromatic heterocycles. The van der Waals surface area contributed by atoms with Crippen molar-refractivity contribution in [2.24, 2.45) is 5.92 Å². The summed E-state index contributed by atoms with van der Waals surface area (Å²) in [6, 6.07) is 8.06. The Labute approximate surface area is 129 Å². The largest absolute Gasteiger partial charge is 0.325 e. The van der Waals surface area contributed by atoms with Crippen LogP contribution < -0.4 is 10.6 Å². The first-order valence-corrected chi connectivity index (χ1v) is 8.23. The number of carbonyl (C=O) groups is 1. The number of hydrogen-bond donors (Lipinski definition) is 2. The lowest BCUT2D eigenvalue weighted by atomic mass is 9.84. The van der Waals surface area contributed by atoms with Crippen LogP contribution in [0.1, 0.15) is 39.0 Å². The Morgan fingerprint density at radius 3 is 2.55 bits per heavy atom. The van der Waals surface area contributed by atoms with E-state index in [-0.39, 0.29) is 5.91 Å². The highest BCUT2D eigenvalue weighted by atomic mass is 79.9. The summed E-state index contributed by atoms with van der Waals surface area (Å²) in [5.41, 5.74) is 0.838. The number of anilines is 1. The van der Waals surface area contributed by atoms with E-state index < -0.39 is 0 Å². The van der Waals surface area contributed by atoms with Crippen molar-refractivity contribution >= 4 is 27.5 Å². The molecule has 0 aliphatic heterocycles. The molecule has 0 heterocycles. The van der Waals surface area contributed by atoms with Crippen LogP contribution in [0.2, 0.25) is 0 Å². The fraction of sp³-hybridized carbons (Fsp3) is 0.562. The molecule has 2 rings (SSSR count). The summed E-state index contributed by atoms with van der Waals surface area (Å²) < 4.78 is 1.01. The summed E-state index contributed by atoms with van der Waals surface area (Å²) in [5.74, 6) is 0.749. The lowest BCUT2D eigenvalue weighted by molar-refractivity contribution is -0.115. The second-order valence-electron chi connectivity index (χ2n) is 5.62. The van der Waals surface area contributed by atoms with E-state index in [0.29, 0.717) is 12.6 Å². The maximum atomic E-state index is 11.9. The van der Waals surface area contributed by atoms with E-state index in [1.165, 1.54) is 32.1 Å². The average molecular weight is 339 g/mol. The molecule has 0 spiro atoms. The van der Waals surface area contributed by atoms with E-state index in [4.69, 9.17) is 0 Å². The number of halogens is 1. The van der Waals surface area contributed by atoms with E-state index in [2.05, 4.69) is 33.5 Å². The molecule has 0 saturated heterocycles. The molecule has 4 heteroatoms. The quantitative estimate of drug-likeness (QED) is 0.853. The molecule has 1 amide bonds. The lowest BCUT2D eigenvalue weighted by Crippen LogP contribution is -2.39. The van der Waals surface area contributed by atoms with Crippen LogP contribution in [0.5, 0.6) is 0 Å². The molecule has 0 bridgehead atoms. The second kappa shape index (κ2) is 7.79. The molecule has 0 radical (unpaired) electrons. The van der Waals surface area contributed by atoms with Crippen molar-refractivity contribution in [1.29, 1.82) is 0 Å². The van der Waals surface area contributed by atoms with Gasteiger partial charge in [-0.25, -0.2) is 0 Å². The van der Waals surface area contributed by atoms with Crippen LogP contribution >= 0.6 is 15.9 Å². The number of hydrogen-bond acceptors (Lipinski definition) is 2. The van der Waals surface area contributed by atoms with Gasteiger partial charge in [0.05, 0.1) is 6.54 Å². The van der Waals surface area contributed by atoms with Crippen LogP contribution in [0.4, 0.5) is 5.69 Å². The minimum absolute atomic E-state index is 0.0231. The van der Waals surface area contributed by atoms with Crippen molar-refractivity contribution in [2.45, 2.75) is 45.1 Å². The predicted molar refractivity (Wildman–Crippen MR) is 86.8 cm³/mol. The summed E-state index contributed by atoms with van der Waals surface area (Å²) in [6.45, 7) is 2.58. The zero-order valence-electron chi connectivity index (χ0n) is 12.0. The van der Waals surface area contributed by atoms with Crippen molar-refractivity contribution in [3.8, 4) is 0 Å². The van der Waals surface area contributed by atoms with Crippen LogP contribution in [0.3, 0.4) is 0 Å².